The second kappa shape index (κ2) is 7.41. The number of aryl methyl sites for hydroxylation is 1. The van der Waals surface area contributed by atoms with E-state index in [0.29, 0.717) is 12.1 Å². The maximum atomic E-state index is 5.66. The Morgan fingerprint density at radius 3 is 2.79 bits per heavy atom. The molecular formula is C16H27NOS. The van der Waals surface area contributed by atoms with Crippen molar-refractivity contribution in [3.8, 4) is 0 Å². The SMILES string of the molecule is CCCNC(CC1CC(OCC)C1)c1csc(C)c1. The van der Waals surface area contributed by atoms with Crippen LogP contribution in [-0.2, 0) is 4.74 Å². The molecule has 1 N–H and O–H groups in total. The first kappa shape index (κ1) is 15.0. The minimum atomic E-state index is 0.533. The van der Waals surface area contributed by atoms with Gasteiger partial charge in [0.1, 0.15) is 0 Å². The largest absolute Gasteiger partial charge is 0.378 e. The lowest BCUT2D eigenvalue weighted by atomic mass is 9.77. The van der Waals surface area contributed by atoms with E-state index in [4.69, 9.17) is 4.74 Å². The molecule has 1 heterocycles. The fourth-order valence-corrected chi connectivity index (χ4v) is 3.63. The Morgan fingerprint density at radius 1 is 1.42 bits per heavy atom. The van der Waals surface area contributed by atoms with Gasteiger partial charge in [-0.3, -0.25) is 0 Å². The van der Waals surface area contributed by atoms with Crippen molar-refractivity contribution in [1.29, 1.82) is 0 Å². The first-order valence-corrected chi connectivity index (χ1v) is 8.50. The van der Waals surface area contributed by atoms with Crippen LogP contribution in [0.4, 0.5) is 0 Å². The smallest absolute Gasteiger partial charge is 0.0580 e. The van der Waals surface area contributed by atoms with Gasteiger partial charge in [0.05, 0.1) is 6.10 Å². The molecule has 1 aliphatic rings. The molecule has 108 valence electrons. The third-order valence-corrected chi connectivity index (χ3v) is 4.84. The number of nitrogens with one attached hydrogen (secondary N) is 1. The van der Waals surface area contributed by atoms with Gasteiger partial charge in [-0.15, -0.1) is 11.3 Å². The minimum absolute atomic E-state index is 0.533. The Labute approximate surface area is 121 Å². The maximum Gasteiger partial charge on any atom is 0.0580 e. The highest BCUT2D eigenvalue weighted by Gasteiger charge is 2.31. The van der Waals surface area contributed by atoms with Gasteiger partial charge in [0, 0.05) is 17.5 Å². The van der Waals surface area contributed by atoms with Crippen LogP contribution in [-0.4, -0.2) is 19.3 Å². The van der Waals surface area contributed by atoms with Gasteiger partial charge in [0.25, 0.3) is 0 Å². The van der Waals surface area contributed by atoms with Crippen molar-refractivity contribution in [2.75, 3.05) is 13.2 Å². The predicted octanol–water partition coefficient (Wildman–Crippen LogP) is 4.30. The van der Waals surface area contributed by atoms with E-state index >= 15 is 0 Å². The van der Waals surface area contributed by atoms with Crippen molar-refractivity contribution in [2.45, 2.75) is 58.6 Å². The summed E-state index contributed by atoms with van der Waals surface area (Å²) in [5, 5.41) is 6.03. The summed E-state index contributed by atoms with van der Waals surface area (Å²) in [7, 11) is 0. The molecule has 0 bridgehead atoms. The molecule has 1 aromatic rings. The predicted molar refractivity (Wildman–Crippen MR) is 82.8 cm³/mol. The van der Waals surface area contributed by atoms with E-state index < -0.39 is 0 Å². The van der Waals surface area contributed by atoms with Crippen LogP contribution in [0.1, 0.15) is 56.0 Å². The van der Waals surface area contributed by atoms with Crippen LogP contribution in [0.5, 0.6) is 0 Å². The number of rotatable bonds is 8. The zero-order valence-corrected chi connectivity index (χ0v) is 13.3. The Balaban J connectivity index is 1.85. The highest BCUT2D eigenvalue weighted by molar-refractivity contribution is 7.10. The summed E-state index contributed by atoms with van der Waals surface area (Å²) in [5.74, 6) is 0.839. The molecule has 1 fully saturated rings. The summed E-state index contributed by atoms with van der Waals surface area (Å²) in [6.07, 6.45) is 5.50. The van der Waals surface area contributed by atoms with E-state index in [0.717, 1.165) is 19.1 Å². The molecule has 2 nitrogen and oxygen atoms in total. The van der Waals surface area contributed by atoms with Gasteiger partial charge in [-0.25, -0.2) is 0 Å². The fourth-order valence-electron chi connectivity index (χ4n) is 2.87. The molecule has 1 aromatic heterocycles. The van der Waals surface area contributed by atoms with Crippen molar-refractivity contribution < 1.29 is 4.74 Å². The molecular weight excluding hydrogens is 254 g/mol. The molecule has 1 atom stereocenters. The molecule has 0 aliphatic heterocycles. The summed E-state index contributed by atoms with van der Waals surface area (Å²) in [4.78, 5) is 1.42. The van der Waals surface area contributed by atoms with Crippen molar-refractivity contribution in [3.05, 3.63) is 21.9 Å². The maximum absolute atomic E-state index is 5.66. The van der Waals surface area contributed by atoms with Crippen LogP contribution in [0.3, 0.4) is 0 Å². The minimum Gasteiger partial charge on any atom is -0.378 e. The lowest BCUT2D eigenvalue weighted by Crippen LogP contribution is -2.34. The van der Waals surface area contributed by atoms with Crippen LogP contribution < -0.4 is 5.32 Å². The number of hydrogen-bond acceptors (Lipinski definition) is 3. The van der Waals surface area contributed by atoms with Crippen molar-refractivity contribution >= 4 is 11.3 Å². The van der Waals surface area contributed by atoms with E-state index in [1.165, 1.54) is 36.1 Å². The molecule has 0 aromatic carbocycles. The average Bonchev–Trinajstić information content (AvgIpc) is 2.77. The van der Waals surface area contributed by atoms with Crippen molar-refractivity contribution in [2.24, 2.45) is 5.92 Å². The third kappa shape index (κ3) is 4.30. The summed E-state index contributed by atoms with van der Waals surface area (Å²) in [6.45, 7) is 8.49. The molecule has 0 spiro atoms. The molecule has 0 amide bonds. The van der Waals surface area contributed by atoms with Gasteiger partial charge < -0.3 is 10.1 Å². The van der Waals surface area contributed by atoms with E-state index in [-0.39, 0.29) is 0 Å². The highest BCUT2D eigenvalue weighted by Crippen LogP contribution is 2.37. The van der Waals surface area contributed by atoms with E-state index in [9.17, 15) is 0 Å². The van der Waals surface area contributed by atoms with E-state index in [2.05, 4.69) is 37.5 Å². The van der Waals surface area contributed by atoms with E-state index in [1.807, 2.05) is 11.3 Å². The molecule has 1 saturated carbocycles. The van der Waals surface area contributed by atoms with E-state index in [1.54, 1.807) is 0 Å². The number of hydrogen-bond donors (Lipinski definition) is 1. The Morgan fingerprint density at radius 2 is 2.21 bits per heavy atom. The van der Waals surface area contributed by atoms with Gasteiger partial charge in [0.2, 0.25) is 0 Å². The average molecular weight is 281 g/mol. The van der Waals surface area contributed by atoms with Gasteiger partial charge >= 0.3 is 0 Å². The number of ether oxygens (including phenoxy) is 1. The molecule has 3 heteroatoms. The molecule has 1 unspecified atom stereocenters. The first-order valence-electron chi connectivity index (χ1n) is 7.62. The van der Waals surface area contributed by atoms with Gasteiger partial charge in [0.15, 0.2) is 0 Å². The van der Waals surface area contributed by atoms with Crippen LogP contribution in [0.25, 0.3) is 0 Å². The van der Waals surface area contributed by atoms with Crippen LogP contribution in [0, 0.1) is 12.8 Å². The summed E-state index contributed by atoms with van der Waals surface area (Å²) in [5.41, 5.74) is 1.48. The molecule has 19 heavy (non-hydrogen) atoms. The van der Waals surface area contributed by atoms with Gasteiger partial charge in [-0.05, 0) is 69.0 Å². The lowest BCUT2D eigenvalue weighted by molar-refractivity contribution is -0.0291. The normalized spacial score (nSPS) is 24.2. The van der Waals surface area contributed by atoms with Crippen LogP contribution in [0.15, 0.2) is 11.4 Å². The Kier molecular flexibility index (Phi) is 5.86. The van der Waals surface area contributed by atoms with Crippen molar-refractivity contribution in [3.63, 3.8) is 0 Å². The summed E-state index contributed by atoms with van der Waals surface area (Å²) >= 11 is 1.86. The zero-order chi connectivity index (χ0) is 13.7. The zero-order valence-electron chi connectivity index (χ0n) is 12.4. The number of thiophene rings is 1. The summed E-state index contributed by atoms with van der Waals surface area (Å²) < 4.78 is 5.66. The Bertz CT molecular complexity index is 371. The third-order valence-electron chi connectivity index (χ3n) is 3.96. The standard InChI is InChI=1S/C16H27NOS/c1-4-6-17-16(14-7-12(3)19-11-14)10-13-8-15(9-13)18-5-2/h7,11,13,15-17H,4-6,8-10H2,1-3H3. The molecule has 0 radical (unpaired) electrons. The van der Waals surface area contributed by atoms with Gasteiger partial charge in [-0.1, -0.05) is 6.92 Å². The topological polar surface area (TPSA) is 21.3 Å². The molecule has 2 rings (SSSR count). The molecule has 0 saturated heterocycles. The highest BCUT2D eigenvalue weighted by atomic mass is 32.1. The van der Waals surface area contributed by atoms with Gasteiger partial charge in [-0.2, -0.15) is 0 Å². The first-order chi connectivity index (χ1) is 9.22. The van der Waals surface area contributed by atoms with Crippen molar-refractivity contribution in [1.82, 2.24) is 5.32 Å². The Hall–Kier alpha value is -0.380. The lowest BCUT2D eigenvalue weighted by Gasteiger charge is -2.37. The summed E-state index contributed by atoms with van der Waals surface area (Å²) in [6, 6.07) is 2.88. The second-order valence-corrected chi connectivity index (χ2v) is 6.76. The second-order valence-electron chi connectivity index (χ2n) is 5.65. The quantitative estimate of drug-likeness (QED) is 0.767. The molecule has 1 aliphatic carbocycles. The monoisotopic (exact) mass is 281 g/mol. The van der Waals surface area contributed by atoms with Crippen LogP contribution in [0.2, 0.25) is 0 Å². The van der Waals surface area contributed by atoms with Crippen LogP contribution >= 0.6 is 11.3 Å². The fraction of sp³-hybridized carbons (Fsp3) is 0.750.